The van der Waals surface area contributed by atoms with Crippen molar-refractivity contribution < 1.29 is 17.9 Å². The first-order valence-corrected chi connectivity index (χ1v) is 10.3. The number of carbonyl (C=O) groups is 1. The maximum atomic E-state index is 12.2. The van der Waals surface area contributed by atoms with Gasteiger partial charge in [-0.1, -0.05) is 34.8 Å². The van der Waals surface area contributed by atoms with E-state index < -0.39 is 15.9 Å². The monoisotopic (exact) mass is 459 g/mol. The number of nitrogens with one attached hydrogen (secondary N) is 1. The topological polar surface area (TPSA) is 111 Å². The van der Waals surface area contributed by atoms with Crippen LogP contribution in [0.15, 0.2) is 45.9 Å². The number of rotatable bonds is 4. The van der Waals surface area contributed by atoms with E-state index in [-0.39, 0.29) is 22.1 Å². The van der Waals surface area contributed by atoms with Crippen LogP contribution < -0.4 is 15.3 Å². The lowest BCUT2D eigenvalue weighted by Crippen LogP contribution is -2.20. The number of sulfonamides is 1. The Labute approximate surface area is 175 Å². The van der Waals surface area contributed by atoms with Crippen molar-refractivity contribution in [2.24, 2.45) is 10.2 Å². The molecular weight excluding hydrogens is 449 g/mol. The van der Waals surface area contributed by atoms with Crippen molar-refractivity contribution in [1.82, 2.24) is 5.43 Å². The van der Waals surface area contributed by atoms with Crippen LogP contribution >= 0.6 is 34.8 Å². The van der Waals surface area contributed by atoms with Crippen molar-refractivity contribution in [2.75, 3.05) is 6.61 Å². The van der Waals surface area contributed by atoms with E-state index in [2.05, 4.69) is 10.5 Å². The molecule has 2 aromatic rings. The van der Waals surface area contributed by atoms with Gasteiger partial charge in [0, 0.05) is 21.7 Å². The summed E-state index contributed by atoms with van der Waals surface area (Å²) < 4.78 is 28.6. The first-order chi connectivity index (χ1) is 13.1. The highest BCUT2D eigenvalue weighted by atomic mass is 35.5. The van der Waals surface area contributed by atoms with E-state index in [1.165, 1.54) is 18.3 Å². The zero-order valence-electron chi connectivity index (χ0n) is 13.9. The van der Waals surface area contributed by atoms with Crippen LogP contribution in [0.1, 0.15) is 15.9 Å². The molecule has 2 aromatic carbocycles. The van der Waals surface area contributed by atoms with Crippen LogP contribution in [0.4, 0.5) is 0 Å². The number of ether oxygens (including phenoxy) is 1. The predicted molar refractivity (Wildman–Crippen MR) is 109 cm³/mol. The Morgan fingerprint density at radius 2 is 1.93 bits per heavy atom. The Balaban J connectivity index is 1.75. The van der Waals surface area contributed by atoms with Crippen LogP contribution in [0.3, 0.4) is 0 Å². The number of hydrazone groups is 1. The molecule has 0 saturated heterocycles. The number of halogens is 3. The Morgan fingerprint density at radius 3 is 2.64 bits per heavy atom. The largest absolute Gasteiger partial charge is 0.487 e. The molecule has 28 heavy (non-hydrogen) atoms. The van der Waals surface area contributed by atoms with Gasteiger partial charge in [-0.05, 0) is 36.4 Å². The van der Waals surface area contributed by atoms with Crippen molar-refractivity contribution in [3.05, 3.63) is 62.1 Å². The summed E-state index contributed by atoms with van der Waals surface area (Å²) >= 11 is 17.8. The van der Waals surface area contributed by atoms with Gasteiger partial charge in [0.05, 0.1) is 16.3 Å². The SMILES string of the molecule is NS(=O)(=O)c1cc(C(=O)N/N=C/C2=Cc3cc(Cl)cc(Cl)c3OC2)ccc1Cl. The van der Waals surface area contributed by atoms with Gasteiger partial charge in [0.25, 0.3) is 5.91 Å². The second-order valence-electron chi connectivity index (χ2n) is 5.70. The van der Waals surface area contributed by atoms with E-state index >= 15 is 0 Å². The number of hydrogen-bond acceptors (Lipinski definition) is 5. The van der Waals surface area contributed by atoms with Gasteiger partial charge < -0.3 is 4.74 Å². The molecule has 0 atom stereocenters. The van der Waals surface area contributed by atoms with E-state index in [0.29, 0.717) is 26.9 Å². The van der Waals surface area contributed by atoms with Crippen molar-refractivity contribution >= 4 is 63.0 Å². The highest BCUT2D eigenvalue weighted by molar-refractivity contribution is 7.89. The van der Waals surface area contributed by atoms with Gasteiger partial charge in [0.2, 0.25) is 10.0 Å². The van der Waals surface area contributed by atoms with E-state index in [1.807, 2.05) is 0 Å². The fourth-order valence-corrected chi connectivity index (χ4v) is 4.05. The number of fused-ring (bicyclic) bond motifs is 1. The molecule has 1 aliphatic rings. The lowest BCUT2D eigenvalue weighted by Gasteiger charge is -2.17. The Kier molecular flexibility index (Phi) is 5.97. The van der Waals surface area contributed by atoms with E-state index in [4.69, 9.17) is 44.7 Å². The van der Waals surface area contributed by atoms with Crippen LogP contribution in [-0.2, 0) is 10.0 Å². The third kappa shape index (κ3) is 4.65. The van der Waals surface area contributed by atoms with E-state index in [1.54, 1.807) is 18.2 Å². The van der Waals surface area contributed by atoms with Crippen molar-refractivity contribution in [3.8, 4) is 5.75 Å². The standard InChI is InChI=1S/C17H12Cl3N3O4S/c18-12-4-11-3-9(8-27-16(11)14(20)6-12)7-22-23-17(24)10-1-2-13(19)15(5-10)28(21,25)26/h1-7H,8H2,(H,23,24)(H2,21,25,26)/b22-7+. The molecule has 11 heteroatoms. The molecule has 0 bridgehead atoms. The third-order valence-corrected chi connectivity index (χ3v) is 5.55. The van der Waals surface area contributed by atoms with E-state index in [9.17, 15) is 13.2 Å². The normalized spacial score (nSPS) is 13.6. The predicted octanol–water partition coefficient (Wildman–Crippen LogP) is 3.49. The maximum Gasteiger partial charge on any atom is 0.271 e. The average molecular weight is 461 g/mol. The second-order valence-corrected chi connectivity index (χ2v) is 8.48. The van der Waals surface area contributed by atoms with Gasteiger partial charge in [-0.3, -0.25) is 4.79 Å². The minimum Gasteiger partial charge on any atom is -0.487 e. The molecule has 1 aliphatic heterocycles. The van der Waals surface area contributed by atoms with Crippen molar-refractivity contribution in [3.63, 3.8) is 0 Å². The minimum atomic E-state index is -4.06. The van der Waals surface area contributed by atoms with Gasteiger partial charge in [-0.2, -0.15) is 5.10 Å². The maximum absolute atomic E-state index is 12.2. The molecule has 0 aromatic heterocycles. The Bertz CT molecular complexity index is 1130. The summed E-state index contributed by atoms with van der Waals surface area (Å²) in [5.41, 5.74) is 3.67. The number of amides is 1. The quantitative estimate of drug-likeness (QED) is 0.537. The lowest BCUT2D eigenvalue weighted by atomic mass is 10.1. The van der Waals surface area contributed by atoms with Crippen molar-refractivity contribution in [1.29, 1.82) is 0 Å². The number of hydrogen-bond donors (Lipinski definition) is 2. The average Bonchev–Trinajstić information content (AvgIpc) is 2.60. The molecule has 0 fully saturated rings. The van der Waals surface area contributed by atoms with Gasteiger partial charge >= 0.3 is 0 Å². The van der Waals surface area contributed by atoms with Crippen LogP contribution in [0.5, 0.6) is 5.75 Å². The molecule has 0 radical (unpaired) electrons. The second kappa shape index (κ2) is 8.10. The third-order valence-electron chi connectivity index (χ3n) is 3.66. The van der Waals surface area contributed by atoms with Crippen LogP contribution in [-0.4, -0.2) is 27.1 Å². The number of nitrogens with zero attached hydrogens (tertiary/aromatic N) is 1. The fraction of sp³-hybridized carbons (Fsp3) is 0.0588. The summed E-state index contributed by atoms with van der Waals surface area (Å²) in [7, 11) is -4.06. The molecule has 1 amide bonds. The number of carbonyl (C=O) groups excluding carboxylic acids is 1. The summed E-state index contributed by atoms with van der Waals surface area (Å²) in [6, 6.07) is 6.96. The Morgan fingerprint density at radius 1 is 1.18 bits per heavy atom. The summed E-state index contributed by atoms with van der Waals surface area (Å²) in [6.45, 7) is 0.199. The molecule has 3 rings (SSSR count). The summed E-state index contributed by atoms with van der Waals surface area (Å²) in [4.78, 5) is 11.8. The Hall–Kier alpha value is -2.10. The molecule has 1 heterocycles. The minimum absolute atomic E-state index is 0.0309. The molecular formula is C17H12Cl3N3O4S. The zero-order chi connectivity index (χ0) is 20.5. The molecule has 0 spiro atoms. The molecule has 7 nitrogen and oxygen atoms in total. The number of primary sulfonamides is 1. The summed E-state index contributed by atoms with van der Waals surface area (Å²) in [5.74, 6) is -0.120. The van der Waals surface area contributed by atoms with Crippen molar-refractivity contribution in [2.45, 2.75) is 4.90 Å². The molecule has 3 N–H and O–H groups in total. The van der Waals surface area contributed by atoms with Gasteiger partial charge in [-0.25, -0.2) is 19.0 Å². The smallest absolute Gasteiger partial charge is 0.271 e. The lowest BCUT2D eigenvalue weighted by molar-refractivity contribution is 0.0955. The molecule has 0 aliphatic carbocycles. The van der Waals surface area contributed by atoms with Crippen LogP contribution in [0.2, 0.25) is 15.1 Å². The zero-order valence-corrected chi connectivity index (χ0v) is 17.0. The summed E-state index contributed by atoms with van der Waals surface area (Å²) in [6.07, 6.45) is 3.17. The summed E-state index contributed by atoms with van der Waals surface area (Å²) in [5, 5.41) is 9.70. The molecule has 146 valence electrons. The van der Waals surface area contributed by atoms with Gasteiger partial charge in [-0.15, -0.1) is 0 Å². The molecule has 0 unspecified atom stereocenters. The van der Waals surface area contributed by atoms with Gasteiger partial charge in [0.1, 0.15) is 17.3 Å². The van der Waals surface area contributed by atoms with E-state index in [0.717, 1.165) is 6.07 Å². The van der Waals surface area contributed by atoms with Gasteiger partial charge in [0.15, 0.2) is 0 Å². The first kappa shape index (κ1) is 20.6. The molecule has 0 saturated carbocycles. The highest BCUT2D eigenvalue weighted by Gasteiger charge is 2.17. The fourth-order valence-electron chi connectivity index (χ4n) is 2.41. The number of nitrogens with two attached hydrogens (primary N) is 1. The highest BCUT2D eigenvalue weighted by Crippen LogP contribution is 2.36. The van der Waals surface area contributed by atoms with Crippen LogP contribution in [0.25, 0.3) is 6.08 Å². The van der Waals surface area contributed by atoms with Crippen LogP contribution in [0, 0.1) is 0 Å². The first-order valence-electron chi connectivity index (χ1n) is 7.63. The number of benzene rings is 2.